The lowest BCUT2D eigenvalue weighted by Crippen LogP contribution is -2.48. The number of piperidine rings is 2. The maximum absolute atomic E-state index is 13.8. The van der Waals surface area contributed by atoms with Gasteiger partial charge < -0.3 is 14.5 Å². The average molecular weight is 586 g/mol. The molecule has 0 unspecified atom stereocenters. The highest BCUT2D eigenvalue weighted by molar-refractivity contribution is 7.87. The molecule has 1 saturated carbocycles. The first kappa shape index (κ1) is 28.0. The van der Waals surface area contributed by atoms with E-state index in [4.69, 9.17) is 15.0 Å². The fourth-order valence-electron chi connectivity index (χ4n) is 6.35. The van der Waals surface area contributed by atoms with Gasteiger partial charge in [0.1, 0.15) is 11.5 Å². The lowest BCUT2D eigenvalue weighted by molar-refractivity contribution is 0.0233. The predicted octanol–water partition coefficient (Wildman–Crippen LogP) is 2.84. The van der Waals surface area contributed by atoms with Crippen molar-refractivity contribution in [2.75, 3.05) is 38.2 Å². The summed E-state index contributed by atoms with van der Waals surface area (Å²) in [5, 5.41) is 10.9. The number of carbonyl (C=O) groups excluding carboxylic acids is 1. The molecule has 1 amide bonds. The van der Waals surface area contributed by atoms with Gasteiger partial charge in [0, 0.05) is 45.2 Å². The Kier molecular flexibility index (Phi) is 7.70. The molecule has 6 rings (SSSR count). The monoisotopic (exact) mass is 585 g/mol. The van der Waals surface area contributed by atoms with Crippen molar-refractivity contribution in [3.8, 4) is 5.69 Å². The Morgan fingerprint density at radius 2 is 1.73 bits per heavy atom. The summed E-state index contributed by atoms with van der Waals surface area (Å²) in [6, 6.07) is 8.06. The van der Waals surface area contributed by atoms with Gasteiger partial charge >= 0.3 is 0 Å². The number of hydrogen-bond acceptors (Lipinski definition) is 8. The number of likely N-dealkylation sites (tertiary alicyclic amines) is 1. The summed E-state index contributed by atoms with van der Waals surface area (Å²) in [5.41, 5.74) is 2.66. The fraction of sp³-hybridized carbons (Fsp3) is 0.536. The van der Waals surface area contributed by atoms with Crippen molar-refractivity contribution in [1.82, 2.24) is 24.4 Å². The molecule has 41 heavy (non-hydrogen) atoms. The standard InChI is InChI=1S/C28H36FN7O4S/c1-40-22-11-15-34(16-12-22)20-9-13-35(14-10-20)24-17-23(28(37)33-41(30,38)39)31-27-25(24)26(18-3-2-4-18)32-36(27)21-7-5-19(29)6-8-21/h5-8,17-18,20,22H,2-4,9-16H2,1H3,(H,33,37)(H2,30,38,39). The SMILES string of the molecule is COC1CCN(C2CCN(c3cc(C(=O)NS(N)(=O)=O)nc4c3c(C3CCC3)nn4-c3ccc(F)cc3)CC2)CC1. The van der Waals surface area contributed by atoms with Gasteiger partial charge in [0.2, 0.25) is 0 Å². The van der Waals surface area contributed by atoms with E-state index in [1.165, 1.54) is 12.1 Å². The Hall–Kier alpha value is -3.13. The van der Waals surface area contributed by atoms with Gasteiger partial charge in [-0.05, 0) is 68.9 Å². The van der Waals surface area contributed by atoms with Crippen LogP contribution >= 0.6 is 0 Å². The highest BCUT2D eigenvalue weighted by Crippen LogP contribution is 2.43. The van der Waals surface area contributed by atoms with Crippen LogP contribution in [0, 0.1) is 5.82 Å². The van der Waals surface area contributed by atoms with Crippen LogP contribution in [-0.2, 0) is 14.9 Å². The molecule has 3 aliphatic rings. The molecule has 220 valence electrons. The molecule has 1 aromatic carbocycles. The maximum Gasteiger partial charge on any atom is 0.299 e. The molecule has 0 spiro atoms. The number of anilines is 1. The number of pyridine rings is 1. The Bertz CT molecular complexity index is 1530. The van der Waals surface area contributed by atoms with Gasteiger partial charge in [-0.1, -0.05) is 6.42 Å². The van der Waals surface area contributed by atoms with Crippen molar-refractivity contribution >= 4 is 32.8 Å². The number of nitrogens with two attached hydrogens (primary N) is 1. The number of halogens is 1. The minimum absolute atomic E-state index is 0.0753. The number of aromatic nitrogens is 3. The van der Waals surface area contributed by atoms with Crippen LogP contribution in [0.25, 0.3) is 16.7 Å². The third kappa shape index (κ3) is 5.81. The quantitative estimate of drug-likeness (QED) is 0.432. The van der Waals surface area contributed by atoms with Gasteiger partial charge in [-0.25, -0.2) is 23.9 Å². The first-order valence-corrected chi connectivity index (χ1v) is 15.8. The molecule has 1 aliphatic carbocycles. The van der Waals surface area contributed by atoms with Crippen molar-refractivity contribution in [3.05, 3.63) is 47.5 Å². The van der Waals surface area contributed by atoms with Gasteiger partial charge in [-0.2, -0.15) is 13.5 Å². The van der Waals surface area contributed by atoms with Gasteiger partial charge in [-0.3, -0.25) is 4.79 Å². The molecule has 3 fully saturated rings. The number of benzene rings is 1. The number of methoxy groups -OCH3 is 1. The van der Waals surface area contributed by atoms with Gasteiger partial charge in [0.15, 0.2) is 5.65 Å². The van der Waals surface area contributed by atoms with Crippen LogP contribution in [0.4, 0.5) is 10.1 Å². The van der Waals surface area contributed by atoms with Crippen LogP contribution < -0.4 is 14.8 Å². The third-order valence-electron chi connectivity index (χ3n) is 8.81. The van der Waals surface area contributed by atoms with Crippen LogP contribution in [-0.4, -0.2) is 79.4 Å². The molecule has 0 atom stereocenters. The first-order chi connectivity index (χ1) is 19.7. The minimum atomic E-state index is -4.29. The summed E-state index contributed by atoms with van der Waals surface area (Å²) in [4.78, 5) is 22.4. The zero-order valence-corrected chi connectivity index (χ0v) is 23.9. The van der Waals surface area contributed by atoms with E-state index in [1.807, 2.05) is 4.72 Å². The molecule has 2 aromatic heterocycles. The molecular formula is C28H36FN7O4S. The average Bonchev–Trinajstić information content (AvgIpc) is 3.30. The lowest BCUT2D eigenvalue weighted by atomic mass is 9.82. The second-order valence-electron chi connectivity index (χ2n) is 11.3. The number of carbonyl (C=O) groups is 1. The molecular weight excluding hydrogens is 549 g/mol. The normalized spacial score (nSPS) is 19.9. The summed E-state index contributed by atoms with van der Waals surface area (Å²) < 4.78 is 46.2. The molecule has 0 bridgehead atoms. The zero-order chi connectivity index (χ0) is 28.7. The van der Waals surface area contributed by atoms with E-state index in [-0.39, 0.29) is 17.4 Å². The summed E-state index contributed by atoms with van der Waals surface area (Å²) in [5.74, 6) is -1.03. The molecule has 2 aliphatic heterocycles. The van der Waals surface area contributed by atoms with E-state index >= 15 is 0 Å². The lowest BCUT2D eigenvalue weighted by Gasteiger charge is -2.42. The Labute approximate surface area is 239 Å². The molecule has 4 heterocycles. The van der Waals surface area contributed by atoms with E-state index in [0.29, 0.717) is 23.5 Å². The minimum Gasteiger partial charge on any atom is -0.381 e. The summed E-state index contributed by atoms with van der Waals surface area (Å²) in [7, 11) is -2.51. The number of nitrogens with zero attached hydrogens (tertiary/aromatic N) is 5. The second-order valence-corrected chi connectivity index (χ2v) is 12.6. The van der Waals surface area contributed by atoms with Crippen molar-refractivity contribution in [2.45, 2.75) is 63.0 Å². The topological polar surface area (TPSA) is 136 Å². The number of hydrogen-bond donors (Lipinski definition) is 2. The highest BCUT2D eigenvalue weighted by atomic mass is 32.2. The Balaban J connectivity index is 1.39. The maximum atomic E-state index is 13.8. The number of amides is 1. The number of rotatable bonds is 7. The fourth-order valence-corrected chi connectivity index (χ4v) is 6.71. The van der Waals surface area contributed by atoms with Crippen LogP contribution in [0.2, 0.25) is 0 Å². The molecule has 13 heteroatoms. The number of nitrogens with one attached hydrogen (secondary N) is 1. The van der Waals surface area contributed by atoms with Crippen molar-refractivity contribution in [2.24, 2.45) is 5.14 Å². The summed E-state index contributed by atoms with van der Waals surface area (Å²) >= 11 is 0. The molecule has 11 nitrogen and oxygen atoms in total. The third-order valence-corrected chi connectivity index (χ3v) is 9.28. The van der Waals surface area contributed by atoms with E-state index < -0.39 is 16.1 Å². The first-order valence-electron chi connectivity index (χ1n) is 14.3. The second kappa shape index (κ2) is 11.3. The number of fused-ring (bicyclic) bond motifs is 1. The van der Waals surface area contributed by atoms with E-state index in [1.54, 1.807) is 30.0 Å². The van der Waals surface area contributed by atoms with Crippen molar-refractivity contribution in [1.29, 1.82) is 0 Å². The van der Waals surface area contributed by atoms with Crippen molar-refractivity contribution < 1.29 is 22.3 Å². The molecule has 3 aromatic rings. The van der Waals surface area contributed by atoms with Gasteiger partial charge in [0.25, 0.3) is 16.1 Å². The van der Waals surface area contributed by atoms with Gasteiger partial charge in [-0.15, -0.1) is 0 Å². The molecule has 3 N–H and O–H groups in total. The summed E-state index contributed by atoms with van der Waals surface area (Å²) in [6.07, 6.45) is 7.45. The smallest absolute Gasteiger partial charge is 0.299 e. The molecule has 0 radical (unpaired) electrons. The molecule has 2 saturated heterocycles. The van der Waals surface area contributed by atoms with E-state index in [0.717, 1.165) is 87.9 Å². The summed E-state index contributed by atoms with van der Waals surface area (Å²) in [6.45, 7) is 3.60. The van der Waals surface area contributed by atoms with E-state index in [9.17, 15) is 17.6 Å². The predicted molar refractivity (Wildman–Crippen MR) is 153 cm³/mol. The van der Waals surface area contributed by atoms with Gasteiger partial charge in [0.05, 0.1) is 28.6 Å². The van der Waals surface area contributed by atoms with Crippen molar-refractivity contribution in [3.63, 3.8) is 0 Å². The van der Waals surface area contributed by atoms with Crippen LogP contribution in [0.1, 0.15) is 67.0 Å². The van der Waals surface area contributed by atoms with Crippen LogP contribution in [0.15, 0.2) is 30.3 Å². The zero-order valence-electron chi connectivity index (χ0n) is 23.1. The van der Waals surface area contributed by atoms with E-state index in [2.05, 4.69) is 14.8 Å². The number of ether oxygens (including phenoxy) is 1. The highest BCUT2D eigenvalue weighted by Gasteiger charge is 2.33. The van der Waals surface area contributed by atoms with Crippen LogP contribution in [0.5, 0.6) is 0 Å². The largest absolute Gasteiger partial charge is 0.381 e. The van der Waals surface area contributed by atoms with Crippen LogP contribution in [0.3, 0.4) is 0 Å². The Morgan fingerprint density at radius 1 is 1.05 bits per heavy atom. The Morgan fingerprint density at radius 3 is 2.32 bits per heavy atom.